The Balaban J connectivity index is 1.40. The van der Waals surface area contributed by atoms with E-state index in [1.165, 1.54) is 6.92 Å². The molecule has 0 aliphatic carbocycles. The van der Waals surface area contributed by atoms with Crippen LogP contribution in [-0.4, -0.2) is 31.3 Å². The van der Waals surface area contributed by atoms with Gasteiger partial charge in [0, 0.05) is 42.8 Å². The highest BCUT2D eigenvalue weighted by atomic mass is 16.2. The number of hydrogen-bond donors (Lipinski definition) is 3. The van der Waals surface area contributed by atoms with E-state index in [2.05, 4.69) is 20.6 Å². The van der Waals surface area contributed by atoms with Gasteiger partial charge < -0.3 is 16.4 Å². The molecule has 9 heteroatoms. The normalized spacial score (nSPS) is 10.9. The number of hydrogen-bond acceptors (Lipinski definition) is 6. The van der Waals surface area contributed by atoms with Crippen molar-refractivity contribution < 1.29 is 9.59 Å². The standard InChI is InChI=1S/C28H25N7O2/c1-17-13-24-27(31-15-17)35(26(34-24)23-7-4-12-30-25(23)29)22-10-8-19(9-11-22)16-32-28(37)20-5-3-6-21(14-20)33-18(2)36/h3-15H,16H2,1-2H3,(H2,29,30)(H,32,37)(H,33,36). The van der Waals surface area contributed by atoms with Gasteiger partial charge in [-0.1, -0.05) is 18.2 Å². The average Bonchev–Trinajstić information content (AvgIpc) is 3.26. The summed E-state index contributed by atoms with van der Waals surface area (Å²) in [6.07, 6.45) is 3.45. The molecule has 3 aromatic heterocycles. The summed E-state index contributed by atoms with van der Waals surface area (Å²) >= 11 is 0. The molecule has 4 N–H and O–H groups in total. The highest BCUT2D eigenvalue weighted by Gasteiger charge is 2.18. The molecule has 0 saturated carbocycles. The number of aryl methyl sites for hydroxylation is 1. The van der Waals surface area contributed by atoms with Crippen LogP contribution in [0.3, 0.4) is 0 Å². The van der Waals surface area contributed by atoms with Crippen LogP contribution in [0.1, 0.15) is 28.4 Å². The molecule has 0 radical (unpaired) electrons. The zero-order valence-corrected chi connectivity index (χ0v) is 20.4. The predicted octanol–water partition coefficient (Wildman–Crippen LogP) is 4.26. The minimum atomic E-state index is -0.231. The fourth-order valence-electron chi connectivity index (χ4n) is 4.09. The second-order valence-electron chi connectivity index (χ2n) is 8.67. The van der Waals surface area contributed by atoms with Crippen LogP contribution in [0.4, 0.5) is 11.5 Å². The lowest BCUT2D eigenvalue weighted by Crippen LogP contribution is -2.23. The maximum atomic E-state index is 12.7. The molecule has 0 saturated heterocycles. The van der Waals surface area contributed by atoms with Crippen LogP contribution in [0, 0.1) is 6.92 Å². The van der Waals surface area contributed by atoms with Gasteiger partial charge in [-0.2, -0.15) is 0 Å². The smallest absolute Gasteiger partial charge is 0.251 e. The number of pyridine rings is 2. The first-order valence-corrected chi connectivity index (χ1v) is 11.7. The van der Waals surface area contributed by atoms with Crippen molar-refractivity contribution in [3.05, 3.63) is 95.8 Å². The van der Waals surface area contributed by atoms with Crippen molar-refractivity contribution in [2.45, 2.75) is 20.4 Å². The Morgan fingerprint density at radius 3 is 2.57 bits per heavy atom. The number of anilines is 2. The van der Waals surface area contributed by atoms with Gasteiger partial charge in [-0.3, -0.25) is 14.2 Å². The molecule has 3 heterocycles. The van der Waals surface area contributed by atoms with Crippen LogP contribution < -0.4 is 16.4 Å². The van der Waals surface area contributed by atoms with E-state index in [0.717, 1.165) is 27.9 Å². The van der Waals surface area contributed by atoms with Crippen molar-refractivity contribution >= 4 is 34.5 Å². The topological polar surface area (TPSA) is 128 Å². The van der Waals surface area contributed by atoms with Gasteiger partial charge in [0.05, 0.1) is 5.56 Å². The van der Waals surface area contributed by atoms with E-state index >= 15 is 0 Å². The van der Waals surface area contributed by atoms with Crippen LogP contribution in [0.25, 0.3) is 28.2 Å². The van der Waals surface area contributed by atoms with Crippen molar-refractivity contribution in [1.82, 2.24) is 24.8 Å². The van der Waals surface area contributed by atoms with E-state index < -0.39 is 0 Å². The summed E-state index contributed by atoms with van der Waals surface area (Å²) in [5.41, 5.74) is 12.2. The first-order valence-electron chi connectivity index (χ1n) is 11.7. The van der Waals surface area contributed by atoms with Crippen LogP contribution in [0.15, 0.2) is 79.1 Å². The molecule has 37 heavy (non-hydrogen) atoms. The molecule has 0 fully saturated rings. The van der Waals surface area contributed by atoms with Crippen molar-refractivity contribution in [2.24, 2.45) is 0 Å². The van der Waals surface area contributed by atoms with Gasteiger partial charge in [-0.25, -0.2) is 15.0 Å². The van der Waals surface area contributed by atoms with Crippen LogP contribution in [0.5, 0.6) is 0 Å². The molecule has 0 unspecified atom stereocenters. The van der Waals surface area contributed by atoms with Gasteiger partial charge in [-0.05, 0) is 66.6 Å². The van der Waals surface area contributed by atoms with Gasteiger partial charge >= 0.3 is 0 Å². The number of fused-ring (bicyclic) bond motifs is 1. The summed E-state index contributed by atoms with van der Waals surface area (Å²) in [5.74, 6) is 0.616. The maximum absolute atomic E-state index is 12.7. The highest BCUT2D eigenvalue weighted by molar-refractivity contribution is 5.96. The molecule has 0 aliphatic heterocycles. The van der Waals surface area contributed by atoms with Crippen LogP contribution in [0.2, 0.25) is 0 Å². The van der Waals surface area contributed by atoms with Gasteiger partial charge in [0.1, 0.15) is 11.3 Å². The Hall–Kier alpha value is -5.05. The molecule has 2 amide bonds. The number of carbonyl (C=O) groups excluding carboxylic acids is 2. The van der Waals surface area contributed by atoms with Crippen molar-refractivity contribution in [3.63, 3.8) is 0 Å². The molecule has 0 aliphatic rings. The number of benzene rings is 2. The zero-order valence-electron chi connectivity index (χ0n) is 20.4. The van der Waals surface area contributed by atoms with Crippen LogP contribution in [-0.2, 0) is 11.3 Å². The van der Waals surface area contributed by atoms with E-state index in [1.807, 2.05) is 60.2 Å². The number of nitrogens with one attached hydrogen (secondary N) is 2. The zero-order chi connectivity index (χ0) is 25.9. The predicted molar refractivity (Wildman–Crippen MR) is 143 cm³/mol. The van der Waals surface area contributed by atoms with Crippen molar-refractivity contribution in [3.8, 4) is 17.1 Å². The first-order chi connectivity index (χ1) is 17.9. The fourth-order valence-corrected chi connectivity index (χ4v) is 4.09. The Labute approximate surface area is 213 Å². The maximum Gasteiger partial charge on any atom is 0.251 e. The largest absolute Gasteiger partial charge is 0.383 e. The van der Waals surface area contributed by atoms with Gasteiger partial charge in [-0.15, -0.1) is 0 Å². The summed E-state index contributed by atoms with van der Waals surface area (Å²) < 4.78 is 1.96. The lowest BCUT2D eigenvalue weighted by atomic mass is 10.1. The third-order valence-electron chi connectivity index (χ3n) is 5.81. The van der Waals surface area contributed by atoms with E-state index in [-0.39, 0.29) is 11.8 Å². The number of nitrogens with zero attached hydrogens (tertiary/aromatic N) is 4. The molecule has 5 rings (SSSR count). The molecule has 0 spiro atoms. The minimum Gasteiger partial charge on any atom is -0.383 e. The highest BCUT2D eigenvalue weighted by Crippen LogP contribution is 2.30. The van der Waals surface area contributed by atoms with E-state index in [0.29, 0.717) is 35.1 Å². The number of amides is 2. The number of nitrogen functional groups attached to an aromatic ring is 1. The van der Waals surface area contributed by atoms with Crippen LogP contribution >= 0.6 is 0 Å². The Bertz CT molecular complexity index is 1620. The molecule has 9 nitrogen and oxygen atoms in total. The Kier molecular flexibility index (Phi) is 6.34. The second-order valence-corrected chi connectivity index (χ2v) is 8.67. The first kappa shape index (κ1) is 23.7. The fraction of sp³-hybridized carbons (Fsp3) is 0.107. The number of imidazole rings is 1. The lowest BCUT2D eigenvalue weighted by Gasteiger charge is -2.11. The third-order valence-corrected chi connectivity index (χ3v) is 5.81. The summed E-state index contributed by atoms with van der Waals surface area (Å²) in [4.78, 5) is 37.6. The van der Waals surface area contributed by atoms with Gasteiger partial charge in [0.2, 0.25) is 5.91 Å². The third kappa shape index (κ3) is 5.01. The summed E-state index contributed by atoms with van der Waals surface area (Å²) in [7, 11) is 0. The van der Waals surface area contributed by atoms with E-state index in [1.54, 1.807) is 30.5 Å². The average molecular weight is 492 g/mol. The quantitative estimate of drug-likeness (QED) is 0.326. The van der Waals surface area contributed by atoms with E-state index in [9.17, 15) is 9.59 Å². The Morgan fingerprint density at radius 1 is 1.00 bits per heavy atom. The second kappa shape index (κ2) is 9.90. The molecule has 2 aromatic carbocycles. The number of aromatic nitrogens is 4. The molecule has 5 aromatic rings. The monoisotopic (exact) mass is 491 g/mol. The van der Waals surface area contributed by atoms with Gasteiger partial charge in [0.25, 0.3) is 5.91 Å². The van der Waals surface area contributed by atoms with Crippen molar-refractivity contribution in [1.29, 1.82) is 0 Å². The summed E-state index contributed by atoms with van der Waals surface area (Å²) in [6, 6.07) is 20.3. The lowest BCUT2D eigenvalue weighted by molar-refractivity contribution is -0.114. The number of nitrogens with two attached hydrogens (primary N) is 1. The summed E-state index contributed by atoms with van der Waals surface area (Å²) in [6.45, 7) is 3.74. The molecular formula is C28H25N7O2. The van der Waals surface area contributed by atoms with E-state index in [4.69, 9.17) is 10.7 Å². The van der Waals surface area contributed by atoms with Gasteiger partial charge in [0.15, 0.2) is 11.5 Å². The summed E-state index contributed by atoms with van der Waals surface area (Å²) in [5, 5.41) is 5.61. The SMILES string of the molecule is CC(=O)Nc1cccc(C(=O)NCc2ccc(-n3c(-c4cccnc4N)nc4cc(C)cnc43)cc2)c1. The molecule has 184 valence electrons. The molecule has 0 bridgehead atoms. The number of carbonyl (C=O) groups is 2. The Morgan fingerprint density at radius 2 is 1.81 bits per heavy atom. The minimum absolute atomic E-state index is 0.192. The molecule has 0 atom stereocenters. The number of rotatable bonds is 6. The molecular weight excluding hydrogens is 466 g/mol. The van der Waals surface area contributed by atoms with Crippen molar-refractivity contribution in [2.75, 3.05) is 11.1 Å².